The highest BCUT2D eigenvalue weighted by Gasteiger charge is 2.47. The highest BCUT2D eigenvalue weighted by Crippen LogP contribution is 2.56. The Bertz CT molecular complexity index is 772. The first-order chi connectivity index (χ1) is 13.4. The topological polar surface area (TPSA) is 102 Å². The lowest BCUT2D eigenvalue weighted by Crippen LogP contribution is -2.37. The average molecular weight is 408 g/mol. The quantitative estimate of drug-likeness (QED) is 0.458. The fraction of sp³-hybridized carbons (Fsp3) is 0.350. The molecule has 2 N–H and O–H groups in total. The van der Waals surface area contributed by atoms with E-state index in [9.17, 15) is 19.6 Å². The van der Waals surface area contributed by atoms with E-state index < -0.39 is 31.6 Å². The summed E-state index contributed by atoms with van der Waals surface area (Å²) < 4.78 is 29.1. The van der Waals surface area contributed by atoms with Crippen molar-refractivity contribution in [2.75, 3.05) is 13.2 Å². The maximum Gasteiger partial charge on any atom is 0.373 e. The fourth-order valence-electron chi connectivity index (χ4n) is 2.62. The Hall–Kier alpha value is -2.02. The van der Waals surface area contributed by atoms with E-state index in [1.165, 1.54) is 12.1 Å². The number of aliphatic hydroxyl groups is 2. The summed E-state index contributed by atoms with van der Waals surface area (Å²) in [6.07, 6.45) is -3.21. The first-order valence-corrected chi connectivity index (χ1v) is 10.6. The molecular weight excluding hydrogens is 383 g/mol. The summed E-state index contributed by atoms with van der Waals surface area (Å²) in [5.41, 5.74) is 0.573. The van der Waals surface area contributed by atoms with Gasteiger partial charge in [-0.1, -0.05) is 48.5 Å². The molecule has 0 aliphatic heterocycles. The lowest BCUT2D eigenvalue weighted by Gasteiger charge is -2.31. The molecule has 0 aliphatic rings. The molecule has 0 unspecified atom stereocenters. The average Bonchev–Trinajstić information content (AvgIpc) is 2.72. The lowest BCUT2D eigenvalue weighted by molar-refractivity contribution is -0.0538. The van der Waals surface area contributed by atoms with Crippen molar-refractivity contribution in [2.45, 2.75) is 31.9 Å². The van der Waals surface area contributed by atoms with Crippen molar-refractivity contribution in [3.63, 3.8) is 0 Å². The Labute approximate surface area is 164 Å². The molecule has 7 nitrogen and oxygen atoms in total. The number of carbonyl (C=O) groups is 1. The summed E-state index contributed by atoms with van der Waals surface area (Å²) in [6.45, 7) is 3.21. The predicted molar refractivity (Wildman–Crippen MR) is 104 cm³/mol. The van der Waals surface area contributed by atoms with Crippen LogP contribution in [0.5, 0.6) is 0 Å². The first-order valence-electron chi connectivity index (χ1n) is 8.98. The highest BCUT2D eigenvalue weighted by molar-refractivity contribution is 7.54. The Balaban J connectivity index is 2.37. The summed E-state index contributed by atoms with van der Waals surface area (Å²) >= 11 is 0. The Morgan fingerprint density at radius 3 is 1.93 bits per heavy atom. The zero-order valence-electron chi connectivity index (χ0n) is 15.8. The van der Waals surface area contributed by atoms with Gasteiger partial charge in [-0.05, 0) is 31.5 Å². The second-order valence-electron chi connectivity index (χ2n) is 5.88. The predicted octanol–water partition coefficient (Wildman–Crippen LogP) is 3.53. The van der Waals surface area contributed by atoms with E-state index in [1.54, 1.807) is 62.4 Å². The summed E-state index contributed by atoms with van der Waals surface area (Å²) in [6, 6.07) is 16.4. The minimum Gasteiger partial charge on any atom is -0.443 e. The second kappa shape index (κ2) is 10.5. The molecule has 0 radical (unpaired) electrons. The number of hydrogen-bond acceptors (Lipinski definition) is 7. The molecule has 2 aromatic rings. The molecule has 8 heteroatoms. The van der Waals surface area contributed by atoms with Crippen LogP contribution in [-0.2, 0) is 18.3 Å². The van der Waals surface area contributed by atoms with Gasteiger partial charge in [0.25, 0.3) is 0 Å². The zero-order chi connectivity index (χ0) is 20.6. The maximum atomic E-state index is 13.3. The van der Waals surface area contributed by atoms with Crippen LogP contribution in [0.1, 0.15) is 35.9 Å². The monoisotopic (exact) mass is 408 g/mol. The van der Waals surface area contributed by atoms with E-state index in [1.807, 2.05) is 0 Å². The molecule has 0 spiro atoms. The van der Waals surface area contributed by atoms with Gasteiger partial charge in [-0.3, -0.25) is 4.57 Å². The van der Waals surface area contributed by atoms with E-state index in [-0.39, 0.29) is 18.8 Å². The van der Waals surface area contributed by atoms with Gasteiger partial charge in [0.2, 0.25) is 5.85 Å². The van der Waals surface area contributed by atoms with Crippen molar-refractivity contribution in [1.29, 1.82) is 0 Å². The van der Waals surface area contributed by atoms with E-state index in [0.717, 1.165) is 0 Å². The summed E-state index contributed by atoms with van der Waals surface area (Å²) in [7, 11) is -4.09. The standard InChI is InChI=1S/C20H25O7P/c1-3-25-28(24,26-4-2)20(27-19(23)16-13-9-6-10-14-16)18(22)17(21)15-11-7-5-8-12-15/h5-14,17-18,20-22H,3-4H2,1-2H3/t17-,18+,20-/m1/s1. The van der Waals surface area contributed by atoms with Gasteiger partial charge in [-0.25, -0.2) is 4.79 Å². The lowest BCUT2D eigenvalue weighted by atomic mass is 10.1. The Morgan fingerprint density at radius 2 is 1.43 bits per heavy atom. The molecule has 2 rings (SSSR count). The fourth-order valence-corrected chi connectivity index (χ4v) is 4.47. The van der Waals surface area contributed by atoms with Crippen molar-refractivity contribution >= 4 is 13.6 Å². The van der Waals surface area contributed by atoms with E-state index in [4.69, 9.17) is 13.8 Å². The molecule has 28 heavy (non-hydrogen) atoms. The molecule has 0 aliphatic carbocycles. The maximum absolute atomic E-state index is 13.3. The van der Waals surface area contributed by atoms with Gasteiger partial charge in [-0.15, -0.1) is 0 Å². The smallest absolute Gasteiger partial charge is 0.373 e. The number of ether oxygens (including phenoxy) is 1. The molecule has 0 fully saturated rings. The van der Waals surface area contributed by atoms with Gasteiger partial charge >= 0.3 is 13.6 Å². The third kappa shape index (κ3) is 5.50. The van der Waals surface area contributed by atoms with E-state index in [2.05, 4.69) is 0 Å². The number of esters is 1. The van der Waals surface area contributed by atoms with Crippen molar-refractivity contribution in [2.24, 2.45) is 0 Å². The Morgan fingerprint density at radius 1 is 0.929 bits per heavy atom. The van der Waals surface area contributed by atoms with Gasteiger partial charge in [0, 0.05) is 0 Å². The minimum atomic E-state index is -4.09. The minimum absolute atomic E-state index is 0.00478. The molecule has 0 aromatic heterocycles. The summed E-state index contributed by atoms with van der Waals surface area (Å²) in [4.78, 5) is 12.5. The van der Waals surface area contributed by atoms with Crippen LogP contribution >= 0.6 is 7.60 Å². The van der Waals surface area contributed by atoms with Crippen molar-refractivity contribution in [3.8, 4) is 0 Å². The number of aliphatic hydroxyl groups excluding tert-OH is 2. The van der Waals surface area contributed by atoms with E-state index >= 15 is 0 Å². The van der Waals surface area contributed by atoms with Crippen LogP contribution in [0.25, 0.3) is 0 Å². The molecule has 0 saturated carbocycles. The van der Waals surface area contributed by atoms with Crippen molar-refractivity contribution < 1.29 is 33.4 Å². The normalized spacial score (nSPS) is 14.9. The number of rotatable bonds is 10. The van der Waals surface area contributed by atoms with Crippen LogP contribution in [0.3, 0.4) is 0 Å². The van der Waals surface area contributed by atoms with Gasteiger partial charge in [0.15, 0.2) is 0 Å². The van der Waals surface area contributed by atoms with Crippen LogP contribution in [0.4, 0.5) is 0 Å². The van der Waals surface area contributed by atoms with Crippen LogP contribution < -0.4 is 0 Å². The highest BCUT2D eigenvalue weighted by atomic mass is 31.2. The van der Waals surface area contributed by atoms with E-state index in [0.29, 0.717) is 5.56 Å². The van der Waals surface area contributed by atoms with Gasteiger partial charge in [0.1, 0.15) is 12.2 Å². The van der Waals surface area contributed by atoms with Crippen LogP contribution in [-0.4, -0.2) is 41.3 Å². The van der Waals surface area contributed by atoms with Gasteiger partial charge in [-0.2, -0.15) is 0 Å². The molecule has 0 heterocycles. The largest absolute Gasteiger partial charge is 0.443 e. The third-order valence-electron chi connectivity index (χ3n) is 3.92. The molecular formula is C20H25O7P. The number of benzene rings is 2. The molecule has 3 atom stereocenters. The number of hydrogen-bond donors (Lipinski definition) is 2. The van der Waals surface area contributed by atoms with Crippen molar-refractivity contribution in [1.82, 2.24) is 0 Å². The molecule has 0 saturated heterocycles. The second-order valence-corrected chi connectivity index (χ2v) is 7.99. The SMILES string of the molecule is CCOP(=O)(OCC)[C@@H](OC(=O)c1ccccc1)[C@@H](O)[C@H](O)c1ccccc1. The number of carbonyl (C=O) groups excluding carboxylic acids is 1. The molecule has 0 bridgehead atoms. The van der Waals surface area contributed by atoms with Crippen LogP contribution in [0.2, 0.25) is 0 Å². The zero-order valence-corrected chi connectivity index (χ0v) is 16.7. The van der Waals surface area contributed by atoms with Crippen molar-refractivity contribution in [3.05, 3.63) is 71.8 Å². The van der Waals surface area contributed by atoms with Crippen LogP contribution in [0, 0.1) is 0 Å². The van der Waals surface area contributed by atoms with Crippen LogP contribution in [0.15, 0.2) is 60.7 Å². The van der Waals surface area contributed by atoms with Gasteiger partial charge < -0.3 is 24.0 Å². The molecule has 0 amide bonds. The molecule has 2 aromatic carbocycles. The summed E-state index contributed by atoms with van der Waals surface area (Å²) in [5, 5.41) is 21.3. The third-order valence-corrected chi connectivity index (χ3v) is 6.19. The summed E-state index contributed by atoms with van der Waals surface area (Å²) in [5.74, 6) is -2.53. The molecule has 152 valence electrons. The first kappa shape index (κ1) is 22.3. The van der Waals surface area contributed by atoms with Gasteiger partial charge in [0.05, 0.1) is 18.8 Å². The Kier molecular flexibility index (Phi) is 8.35.